The minimum Gasteiger partial charge on any atom is -0.472 e. The van der Waals surface area contributed by atoms with Crippen molar-refractivity contribution >= 4 is 49.1 Å². The van der Waals surface area contributed by atoms with E-state index >= 15 is 0 Å². The quantitative estimate of drug-likeness (QED) is 0.246. The number of nitrogens with two attached hydrogens (primary N) is 1. The Morgan fingerprint density at radius 1 is 1.24 bits per heavy atom. The predicted octanol–water partition coefficient (Wildman–Crippen LogP) is 5.61. The summed E-state index contributed by atoms with van der Waals surface area (Å²) in [5.74, 6) is -0.566. The molecule has 0 fully saturated rings. The van der Waals surface area contributed by atoms with E-state index in [9.17, 15) is 26.4 Å². The van der Waals surface area contributed by atoms with Crippen molar-refractivity contribution in [1.29, 1.82) is 0 Å². The average Bonchev–Trinajstić information content (AvgIpc) is 3.31. The van der Waals surface area contributed by atoms with Crippen LogP contribution in [0.2, 0.25) is 5.15 Å². The fourth-order valence-corrected chi connectivity index (χ4v) is 5.61. The molecule has 0 atom stereocenters. The number of hydrogen-bond donors (Lipinski definition) is 2. The van der Waals surface area contributed by atoms with E-state index in [1.54, 1.807) is 23.8 Å². The zero-order valence-electron chi connectivity index (χ0n) is 19.5. The van der Waals surface area contributed by atoms with Crippen molar-refractivity contribution in [2.75, 3.05) is 11.3 Å². The summed E-state index contributed by atoms with van der Waals surface area (Å²) in [7, 11) is -5.72. The lowest BCUT2D eigenvalue weighted by molar-refractivity contribution is -0.0429. The van der Waals surface area contributed by atoms with Crippen LogP contribution in [0.15, 0.2) is 51.7 Å². The molecular weight excluding hydrogens is 617 g/mol. The summed E-state index contributed by atoms with van der Waals surface area (Å²) in [6.45, 7) is 2.05. The summed E-state index contributed by atoms with van der Waals surface area (Å²) < 4.78 is 77.7. The largest absolute Gasteiger partial charge is 0.516 e. The van der Waals surface area contributed by atoms with E-state index in [0.717, 1.165) is 0 Å². The van der Waals surface area contributed by atoms with Crippen LogP contribution in [-0.2, 0) is 27.9 Å². The van der Waals surface area contributed by atoms with Gasteiger partial charge in [-0.15, -0.1) is 0 Å². The predicted molar refractivity (Wildman–Crippen MR) is 137 cm³/mol. The van der Waals surface area contributed by atoms with E-state index in [-0.39, 0.29) is 41.1 Å². The molecule has 15 heteroatoms. The Bertz CT molecular complexity index is 1590. The van der Waals surface area contributed by atoms with Gasteiger partial charge in [0.2, 0.25) is 0 Å². The van der Waals surface area contributed by atoms with Crippen LogP contribution in [0.4, 0.5) is 18.9 Å². The van der Waals surface area contributed by atoms with E-state index in [1.165, 1.54) is 35.3 Å². The zero-order chi connectivity index (χ0) is 27.8. The Labute approximate surface area is 228 Å². The first-order chi connectivity index (χ1) is 17.9. The number of nitrogens with one attached hydrogen (secondary N) is 1. The number of para-hydroxylation sites is 1. The average molecular weight is 636 g/mol. The number of benzene rings is 1. The number of amides is 1. The monoisotopic (exact) mass is 634 g/mol. The molecule has 2 aliphatic rings. The smallest absolute Gasteiger partial charge is 0.472 e. The summed E-state index contributed by atoms with van der Waals surface area (Å²) in [5.41, 5.74) is 1.77. The third-order valence-corrected chi connectivity index (χ3v) is 7.79. The second kappa shape index (κ2) is 10.6. The minimum atomic E-state index is -5.72. The van der Waals surface area contributed by atoms with Crippen molar-refractivity contribution in [2.45, 2.75) is 25.6 Å². The third kappa shape index (κ3) is 5.13. The maximum Gasteiger partial charge on any atom is 0.516 e. The number of alkyl halides is 3. The number of hydrogen-bond acceptors (Lipinski definition) is 6. The topological polar surface area (TPSA) is 129 Å². The zero-order valence-corrected chi connectivity index (χ0v) is 22.6. The number of nitrogens with zero attached hydrogens (tertiary/aromatic N) is 2. The van der Waals surface area contributed by atoms with Crippen molar-refractivity contribution in [3.8, 4) is 22.3 Å². The second-order valence-electron chi connectivity index (χ2n) is 7.90. The lowest BCUT2D eigenvalue weighted by Crippen LogP contribution is -2.30. The molecule has 202 valence electrons. The molecule has 0 unspecified atom stereocenters. The van der Waals surface area contributed by atoms with Crippen LogP contribution in [0, 0.1) is 0 Å². The first-order valence-electron chi connectivity index (χ1n) is 10.8. The van der Waals surface area contributed by atoms with Gasteiger partial charge in [0.15, 0.2) is 5.15 Å². The van der Waals surface area contributed by atoms with Crippen molar-refractivity contribution < 1.29 is 35.5 Å². The number of ether oxygens (including phenoxy) is 1. The molecule has 1 amide bonds. The molecule has 3 N–H and O–H groups in total. The van der Waals surface area contributed by atoms with Gasteiger partial charge in [-0.05, 0) is 46.1 Å². The van der Waals surface area contributed by atoms with Gasteiger partial charge in [-0.3, -0.25) is 9.52 Å². The number of imidazole rings is 1. The Hall–Kier alpha value is -3.07. The van der Waals surface area contributed by atoms with Gasteiger partial charge in [0.05, 0.1) is 24.8 Å². The van der Waals surface area contributed by atoms with Crippen molar-refractivity contribution in [3.63, 3.8) is 0 Å². The molecule has 0 radical (unpaired) electrons. The number of rotatable bonds is 9. The highest BCUT2D eigenvalue weighted by Crippen LogP contribution is 2.48. The molecule has 0 saturated carbocycles. The molecule has 1 aliphatic heterocycles. The number of carbonyl (C=O) groups excluding carboxylic acids is 1. The molecule has 38 heavy (non-hydrogen) atoms. The summed E-state index contributed by atoms with van der Waals surface area (Å²) in [6.07, 6.45) is 2.82. The van der Waals surface area contributed by atoms with Gasteiger partial charge in [0.1, 0.15) is 18.1 Å². The molecule has 0 bridgehead atoms. The molecular formula is C23H19BrClF3N4O5S. The van der Waals surface area contributed by atoms with Gasteiger partial charge in [-0.2, -0.15) is 21.6 Å². The molecule has 0 spiro atoms. The fourth-order valence-electron chi connectivity index (χ4n) is 3.97. The Morgan fingerprint density at radius 3 is 2.61 bits per heavy atom. The van der Waals surface area contributed by atoms with Crippen molar-refractivity contribution in [2.24, 2.45) is 5.73 Å². The summed E-state index contributed by atoms with van der Waals surface area (Å²) in [4.78, 5) is 16.5. The van der Waals surface area contributed by atoms with Gasteiger partial charge in [0, 0.05) is 27.8 Å². The second-order valence-corrected chi connectivity index (χ2v) is 10.7. The van der Waals surface area contributed by atoms with Crippen molar-refractivity contribution in [1.82, 2.24) is 9.55 Å². The summed E-state index contributed by atoms with van der Waals surface area (Å²) in [5, 5.41) is -0.142. The van der Waals surface area contributed by atoms with Gasteiger partial charge in [-0.25, -0.2) is 4.98 Å². The number of fused-ring (bicyclic) bond motifs is 1. The maximum atomic E-state index is 13.2. The fraction of sp³-hybridized carbons (Fsp3) is 0.217. The van der Waals surface area contributed by atoms with Crippen LogP contribution in [0.3, 0.4) is 0 Å². The number of halogens is 5. The van der Waals surface area contributed by atoms with E-state index in [4.69, 9.17) is 26.5 Å². The van der Waals surface area contributed by atoms with Crippen LogP contribution in [0.1, 0.15) is 28.8 Å². The molecule has 2 aromatic rings. The molecule has 1 aromatic heterocycles. The lowest BCUT2D eigenvalue weighted by atomic mass is 10.0. The Kier molecular flexibility index (Phi) is 7.79. The van der Waals surface area contributed by atoms with Crippen molar-refractivity contribution in [3.05, 3.63) is 69.6 Å². The highest BCUT2D eigenvalue weighted by molar-refractivity contribution is 9.10. The molecule has 2 heterocycles. The minimum absolute atomic E-state index is 0.00402. The Balaban J connectivity index is 1.96. The van der Waals surface area contributed by atoms with E-state index in [1.807, 2.05) is 0 Å². The number of aromatic nitrogens is 2. The molecule has 1 aliphatic carbocycles. The van der Waals surface area contributed by atoms with Crippen LogP contribution in [0.5, 0.6) is 0 Å². The molecule has 9 nitrogen and oxygen atoms in total. The number of carbonyl (C=O) groups is 1. The van der Waals surface area contributed by atoms with Crippen LogP contribution < -0.4 is 10.5 Å². The lowest BCUT2D eigenvalue weighted by Gasteiger charge is -2.17. The highest BCUT2D eigenvalue weighted by Gasteiger charge is 2.46. The third-order valence-electron chi connectivity index (χ3n) is 5.61. The SMILES string of the molecule is CCOCc1nc(Cl)c(C(N)=O)n1Cc1c2ccocc-2c(Br)c1-c1ccccc1NS(=O)(=O)C(F)(F)F. The van der Waals surface area contributed by atoms with Crippen LogP contribution >= 0.6 is 27.5 Å². The number of primary amides is 1. The van der Waals surface area contributed by atoms with Gasteiger partial charge in [0.25, 0.3) is 5.91 Å². The summed E-state index contributed by atoms with van der Waals surface area (Å²) in [6, 6.07) is 7.24. The molecule has 0 saturated heterocycles. The van der Waals surface area contributed by atoms with Crippen LogP contribution in [0.25, 0.3) is 22.3 Å². The number of anilines is 1. The van der Waals surface area contributed by atoms with Gasteiger partial charge >= 0.3 is 15.5 Å². The Morgan fingerprint density at radius 2 is 1.95 bits per heavy atom. The van der Waals surface area contributed by atoms with E-state index in [2.05, 4.69) is 20.9 Å². The number of sulfonamides is 1. The standard InChI is InChI=1S/C23H19BrClF3N4O5S/c1-2-36-11-17-30-21(25)20(22(29)33)32(17)9-14-12-7-8-37-10-15(12)19(24)18(14)13-5-3-4-6-16(13)31-38(34,35)23(26,27)28/h3-8,10,31H,2,9,11H2,1H3,(H2,29,33). The van der Waals surface area contributed by atoms with Gasteiger partial charge in [-0.1, -0.05) is 29.8 Å². The first kappa shape index (κ1) is 28.0. The normalized spacial score (nSPS) is 12.3. The molecule has 1 aromatic carbocycles. The summed E-state index contributed by atoms with van der Waals surface area (Å²) >= 11 is 9.71. The van der Waals surface area contributed by atoms with Gasteiger partial charge < -0.3 is 19.5 Å². The van der Waals surface area contributed by atoms with E-state index in [0.29, 0.717) is 33.3 Å². The first-order valence-corrected chi connectivity index (χ1v) is 13.5. The van der Waals surface area contributed by atoms with Crippen LogP contribution in [-0.4, -0.2) is 36.0 Å². The maximum absolute atomic E-state index is 13.2. The highest BCUT2D eigenvalue weighted by atomic mass is 79.9. The van der Waals surface area contributed by atoms with E-state index < -0.39 is 21.4 Å². The molecule has 4 rings (SSSR count).